The fraction of sp³-hybridized carbons (Fsp3) is 0.188. The van der Waals surface area contributed by atoms with Gasteiger partial charge in [-0.3, -0.25) is 4.90 Å². The Morgan fingerprint density at radius 3 is 2.48 bits per heavy atom. The Bertz CT molecular complexity index is 896. The molecule has 0 spiro atoms. The van der Waals surface area contributed by atoms with Crippen molar-refractivity contribution < 1.29 is 13.2 Å². The van der Waals surface area contributed by atoms with Crippen LogP contribution in [0.3, 0.4) is 0 Å². The normalized spacial score (nSPS) is 16.4. The number of sulfonamides is 1. The van der Waals surface area contributed by atoms with Crippen LogP contribution in [0.2, 0.25) is 5.02 Å². The SMILES string of the molecule is CCN1C(=O)N(c2ccc(C)c(Cl)c2)S(=O)(=O)c2ccccc21. The smallest absolute Gasteiger partial charge is 0.292 e. The van der Waals surface area contributed by atoms with Crippen LogP contribution in [0.1, 0.15) is 12.5 Å². The number of aryl methyl sites for hydroxylation is 1. The lowest BCUT2D eigenvalue weighted by molar-refractivity contribution is 0.254. The Morgan fingerprint density at radius 1 is 1.13 bits per heavy atom. The van der Waals surface area contributed by atoms with Gasteiger partial charge in [0.1, 0.15) is 4.90 Å². The summed E-state index contributed by atoms with van der Waals surface area (Å²) in [5, 5.41) is 0.410. The van der Waals surface area contributed by atoms with Gasteiger partial charge in [0.15, 0.2) is 0 Å². The first-order valence-corrected chi connectivity index (χ1v) is 8.91. The largest absolute Gasteiger partial charge is 0.343 e. The van der Waals surface area contributed by atoms with Gasteiger partial charge in [-0.05, 0) is 43.7 Å². The standard InChI is InChI=1S/C16H15ClN2O3S/c1-3-18-14-6-4-5-7-15(14)23(21,22)19(16(18)20)12-9-8-11(2)13(17)10-12/h4-10H,3H2,1-2H3. The number of rotatable bonds is 2. The molecule has 5 nitrogen and oxygen atoms in total. The van der Waals surface area contributed by atoms with Crippen molar-refractivity contribution in [3.8, 4) is 0 Å². The molecule has 7 heteroatoms. The Morgan fingerprint density at radius 2 is 1.83 bits per heavy atom. The van der Waals surface area contributed by atoms with Gasteiger partial charge in [0.05, 0.1) is 11.4 Å². The monoisotopic (exact) mass is 350 g/mol. The average molecular weight is 351 g/mol. The molecule has 0 bridgehead atoms. The summed E-state index contributed by atoms with van der Waals surface area (Å²) in [6.45, 7) is 3.97. The Hall–Kier alpha value is -2.05. The number of carbonyl (C=O) groups is 1. The van der Waals surface area contributed by atoms with E-state index in [-0.39, 0.29) is 10.6 Å². The van der Waals surface area contributed by atoms with Crippen molar-refractivity contribution in [2.24, 2.45) is 0 Å². The minimum absolute atomic E-state index is 0.109. The van der Waals surface area contributed by atoms with E-state index in [4.69, 9.17) is 11.6 Å². The van der Waals surface area contributed by atoms with E-state index in [1.54, 1.807) is 37.3 Å². The van der Waals surface area contributed by atoms with Crippen molar-refractivity contribution in [2.45, 2.75) is 18.7 Å². The minimum atomic E-state index is -3.97. The van der Waals surface area contributed by atoms with E-state index in [1.807, 2.05) is 6.92 Å². The molecule has 0 aromatic heterocycles. The van der Waals surface area contributed by atoms with Crippen LogP contribution in [-0.4, -0.2) is 21.0 Å². The molecule has 0 fully saturated rings. The van der Waals surface area contributed by atoms with Crippen molar-refractivity contribution in [2.75, 3.05) is 15.7 Å². The third-order valence-corrected chi connectivity index (χ3v) is 5.94. The molecule has 0 N–H and O–H groups in total. The van der Waals surface area contributed by atoms with E-state index < -0.39 is 16.1 Å². The molecule has 0 saturated carbocycles. The molecule has 0 unspecified atom stereocenters. The Labute approximate surface area is 140 Å². The van der Waals surface area contributed by atoms with Gasteiger partial charge in [0, 0.05) is 11.6 Å². The van der Waals surface area contributed by atoms with E-state index in [1.165, 1.54) is 17.0 Å². The van der Waals surface area contributed by atoms with Gasteiger partial charge < -0.3 is 0 Å². The lowest BCUT2D eigenvalue weighted by Gasteiger charge is -2.35. The number of carbonyl (C=O) groups excluding carboxylic acids is 1. The van der Waals surface area contributed by atoms with Gasteiger partial charge in [-0.2, -0.15) is 4.31 Å². The molecule has 2 aromatic carbocycles. The maximum Gasteiger partial charge on any atom is 0.343 e. The maximum absolute atomic E-state index is 12.9. The van der Waals surface area contributed by atoms with Crippen LogP contribution in [0.4, 0.5) is 16.2 Å². The molecule has 1 heterocycles. The highest BCUT2D eigenvalue weighted by molar-refractivity contribution is 7.94. The summed E-state index contributed by atoms with van der Waals surface area (Å²) < 4.78 is 26.6. The zero-order chi connectivity index (χ0) is 16.8. The predicted molar refractivity (Wildman–Crippen MR) is 90.7 cm³/mol. The zero-order valence-corrected chi connectivity index (χ0v) is 14.2. The van der Waals surface area contributed by atoms with Crippen molar-refractivity contribution in [3.05, 3.63) is 53.1 Å². The van der Waals surface area contributed by atoms with E-state index in [2.05, 4.69) is 0 Å². The molecular formula is C16H15ClN2O3S. The third-order valence-electron chi connectivity index (χ3n) is 3.79. The van der Waals surface area contributed by atoms with Crippen LogP contribution in [0.15, 0.2) is 47.4 Å². The average Bonchev–Trinajstić information content (AvgIpc) is 2.51. The Balaban J connectivity index is 2.25. The number of halogens is 1. The lowest BCUT2D eigenvalue weighted by atomic mass is 10.2. The molecule has 0 saturated heterocycles. The fourth-order valence-corrected chi connectivity index (χ4v) is 4.33. The number of nitrogens with zero attached hydrogens (tertiary/aromatic N) is 2. The summed E-state index contributed by atoms with van der Waals surface area (Å²) in [5.41, 5.74) is 1.44. The molecular weight excluding hydrogens is 336 g/mol. The number of fused-ring (bicyclic) bond motifs is 1. The zero-order valence-electron chi connectivity index (χ0n) is 12.7. The van der Waals surface area contributed by atoms with E-state index in [9.17, 15) is 13.2 Å². The van der Waals surface area contributed by atoms with Gasteiger partial charge in [0.25, 0.3) is 10.0 Å². The number of urea groups is 1. The summed E-state index contributed by atoms with van der Waals surface area (Å²) in [7, 11) is -3.97. The second kappa shape index (κ2) is 5.54. The van der Waals surface area contributed by atoms with Gasteiger partial charge in [0.2, 0.25) is 0 Å². The highest BCUT2D eigenvalue weighted by Crippen LogP contribution is 2.37. The molecule has 0 radical (unpaired) electrons. The summed E-state index contributed by atoms with van der Waals surface area (Å²) in [5.74, 6) is 0. The molecule has 23 heavy (non-hydrogen) atoms. The van der Waals surface area contributed by atoms with Gasteiger partial charge in [-0.25, -0.2) is 13.2 Å². The minimum Gasteiger partial charge on any atom is -0.292 e. The van der Waals surface area contributed by atoms with Gasteiger partial charge in [-0.1, -0.05) is 29.8 Å². The number of benzene rings is 2. The van der Waals surface area contributed by atoms with Crippen LogP contribution in [0.25, 0.3) is 0 Å². The van der Waals surface area contributed by atoms with Crippen molar-refractivity contribution in [1.29, 1.82) is 0 Å². The van der Waals surface area contributed by atoms with Crippen LogP contribution < -0.4 is 9.21 Å². The van der Waals surface area contributed by atoms with Crippen molar-refractivity contribution in [3.63, 3.8) is 0 Å². The molecule has 1 aliphatic heterocycles. The van der Waals surface area contributed by atoms with Crippen LogP contribution in [0, 0.1) is 6.92 Å². The van der Waals surface area contributed by atoms with Crippen molar-refractivity contribution >= 4 is 39.0 Å². The second-order valence-electron chi connectivity index (χ2n) is 5.20. The molecule has 3 rings (SSSR count). The molecule has 2 amide bonds. The first-order chi connectivity index (χ1) is 10.9. The second-order valence-corrected chi connectivity index (χ2v) is 7.36. The first kappa shape index (κ1) is 15.8. The van der Waals surface area contributed by atoms with Crippen LogP contribution in [0.5, 0.6) is 0 Å². The summed E-state index contributed by atoms with van der Waals surface area (Å²) in [6, 6.07) is 10.6. The predicted octanol–water partition coefficient (Wildman–Crippen LogP) is 3.80. The number of amides is 2. The third kappa shape index (κ3) is 2.38. The molecule has 120 valence electrons. The van der Waals surface area contributed by atoms with Gasteiger partial charge >= 0.3 is 6.03 Å². The lowest BCUT2D eigenvalue weighted by Crippen LogP contribution is -2.51. The number of hydrogen-bond acceptors (Lipinski definition) is 3. The van der Waals surface area contributed by atoms with Gasteiger partial charge in [-0.15, -0.1) is 0 Å². The van der Waals surface area contributed by atoms with E-state index in [0.717, 1.165) is 9.87 Å². The quantitative estimate of drug-likeness (QED) is 0.827. The summed E-state index contributed by atoms with van der Waals surface area (Å²) in [4.78, 5) is 14.3. The van der Waals surface area contributed by atoms with E-state index in [0.29, 0.717) is 17.3 Å². The number of anilines is 2. The highest BCUT2D eigenvalue weighted by Gasteiger charge is 2.41. The van der Waals surface area contributed by atoms with Crippen molar-refractivity contribution in [1.82, 2.24) is 0 Å². The summed E-state index contributed by atoms with van der Waals surface area (Å²) >= 11 is 6.10. The summed E-state index contributed by atoms with van der Waals surface area (Å²) in [6.07, 6.45) is 0. The maximum atomic E-state index is 12.9. The van der Waals surface area contributed by atoms with Crippen LogP contribution in [-0.2, 0) is 10.0 Å². The number of hydrogen-bond donors (Lipinski definition) is 0. The fourth-order valence-electron chi connectivity index (χ4n) is 2.58. The molecule has 0 aliphatic carbocycles. The highest BCUT2D eigenvalue weighted by atomic mass is 35.5. The molecule has 1 aliphatic rings. The number of para-hydroxylation sites is 1. The topological polar surface area (TPSA) is 57.7 Å². The van der Waals surface area contributed by atoms with E-state index >= 15 is 0 Å². The Kier molecular flexibility index (Phi) is 3.82. The van der Waals surface area contributed by atoms with Crippen LogP contribution >= 0.6 is 11.6 Å². The molecule has 0 atom stereocenters. The molecule has 2 aromatic rings. The first-order valence-electron chi connectivity index (χ1n) is 7.10.